The number of alkyl halides is 3. The molecule has 0 heterocycles. The number of carbonyl (C=O) groups is 2. The predicted octanol–water partition coefficient (Wildman–Crippen LogP) is 4.88. The molecule has 2 N–H and O–H groups in total. The van der Waals surface area contributed by atoms with Crippen molar-refractivity contribution in [2.45, 2.75) is 37.6 Å². The zero-order valence-corrected chi connectivity index (χ0v) is 20.9. The number of benzene rings is 3. The summed E-state index contributed by atoms with van der Waals surface area (Å²) in [4.78, 5) is 28.1. The first kappa shape index (κ1) is 27.7. The summed E-state index contributed by atoms with van der Waals surface area (Å²) in [6.07, 6.45) is -4.70. The maximum Gasteiger partial charge on any atom is 0.573 e. The number of rotatable bonds is 9. The monoisotopic (exact) mass is 533 g/mol. The second kappa shape index (κ2) is 12.4. The molecule has 0 aliphatic heterocycles. The van der Waals surface area contributed by atoms with Crippen LogP contribution in [0.5, 0.6) is 5.75 Å². The van der Waals surface area contributed by atoms with Crippen LogP contribution in [0.2, 0.25) is 0 Å². The standard InChI is InChI=1S/C26H26F3N3O4S/c1-3-32(20-13-15-21(16-14-20)36-26(27,28)29)24(33)22(17-19-10-5-4-6-11-19)30-25(34)31-37(35)23-12-8-7-9-18(23)2/h4-16,22H,3,17H2,1-2H3,(H2,30,31,34). The molecule has 7 nitrogen and oxygen atoms in total. The van der Waals surface area contributed by atoms with Gasteiger partial charge in [0.05, 0.1) is 4.90 Å². The normalized spacial score (nSPS) is 12.8. The maximum atomic E-state index is 13.5. The molecule has 0 aliphatic rings. The minimum Gasteiger partial charge on any atom is -0.406 e. The summed E-state index contributed by atoms with van der Waals surface area (Å²) in [6.45, 7) is 3.64. The van der Waals surface area contributed by atoms with E-state index in [1.54, 1.807) is 62.4 Å². The third-order valence-electron chi connectivity index (χ3n) is 5.33. The van der Waals surface area contributed by atoms with E-state index in [9.17, 15) is 27.0 Å². The van der Waals surface area contributed by atoms with Crippen LogP contribution in [0.15, 0.2) is 83.8 Å². The molecule has 37 heavy (non-hydrogen) atoms. The molecule has 0 saturated heterocycles. The van der Waals surface area contributed by atoms with E-state index in [4.69, 9.17) is 0 Å². The summed E-state index contributed by atoms with van der Waals surface area (Å²) >= 11 is 0. The molecule has 196 valence electrons. The molecule has 0 fully saturated rings. The second-order valence-electron chi connectivity index (χ2n) is 7.98. The Hall–Kier alpha value is -3.86. The topological polar surface area (TPSA) is 87.7 Å². The number of likely N-dealkylation sites (N-methyl/N-ethyl adjacent to an activating group) is 1. The fourth-order valence-electron chi connectivity index (χ4n) is 3.62. The molecule has 3 aromatic rings. The number of hydrogen-bond donors (Lipinski definition) is 2. The van der Waals surface area contributed by atoms with Crippen molar-refractivity contribution in [2.24, 2.45) is 0 Å². The zero-order valence-electron chi connectivity index (χ0n) is 20.1. The molecular formula is C26H26F3N3O4S. The number of urea groups is 1. The van der Waals surface area contributed by atoms with E-state index >= 15 is 0 Å². The minimum atomic E-state index is -4.84. The molecule has 0 bridgehead atoms. The van der Waals surface area contributed by atoms with E-state index < -0.39 is 41.1 Å². The van der Waals surface area contributed by atoms with E-state index in [0.717, 1.165) is 23.3 Å². The summed E-state index contributed by atoms with van der Waals surface area (Å²) in [5.41, 5.74) is 1.82. The molecule has 0 spiro atoms. The van der Waals surface area contributed by atoms with E-state index in [0.29, 0.717) is 10.6 Å². The van der Waals surface area contributed by atoms with Crippen molar-refractivity contribution in [1.29, 1.82) is 0 Å². The van der Waals surface area contributed by atoms with Gasteiger partial charge in [0.1, 0.15) is 11.8 Å². The van der Waals surface area contributed by atoms with Crippen LogP contribution in [0.3, 0.4) is 0 Å². The Morgan fingerprint density at radius 3 is 2.19 bits per heavy atom. The Bertz CT molecular complexity index is 1240. The van der Waals surface area contributed by atoms with Crippen molar-refractivity contribution in [3.05, 3.63) is 90.0 Å². The van der Waals surface area contributed by atoms with Crippen LogP contribution in [-0.4, -0.2) is 35.1 Å². The van der Waals surface area contributed by atoms with Crippen LogP contribution < -0.4 is 19.7 Å². The first-order valence-electron chi connectivity index (χ1n) is 11.3. The summed E-state index contributed by atoms with van der Waals surface area (Å²) in [5, 5.41) is 2.60. The van der Waals surface area contributed by atoms with Crippen LogP contribution in [-0.2, 0) is 22.2 Å². The molecule has 0 aliphatic carbocycles. The molecule has 3 rings (SSSR count). The Morgan fingerprint density at radius 2 is 1.59 bits per heavy atom. The number of nitrogens with zero attached hydrogens (tertiary/aromatic N) is 1. The summed E-state index contributed by atoms with van der Waals surface area (Å²) in [5.74, 6) is -0.913. The molecule has 2 unspecified atom stereocenters. The van der Waals surface area contributed by atoms with Gasteiger partial charge < -0.3 is 15.0 Å². The van der Waals surface area contributed by atoms with Crippen LogP contribution >= 0.6 is 0 Å². The Kier molecular flexibility index (Phi) is 9.29. The van der Waals surface area contributed by atoms with E-state index in [2.05, 4.69) is 14.8 Å². The van der Waals surface area contributed by atoms with Gasteiger partial charge in [0.15, 0.2) is 11.0 Å². The highest BCUT2D eigenvalue weighted by atomic mass is 32.2. The first-order valence-corrected chi connectivity index (χ1v) is 12.5. The molecule has 0 radical (unpaired) electrons. The third-order valence-corrected chi connectivity index (χ3v) is 6.56. The highest BCUT2D eigenvalue weighted by Crippen LogP contribution is 2.26. The number of hydrogen-bond acceptors (Lipinski definition) is 4. The highest BCUT2D eigenvalue weighted by molar-refractivity contribution is 7.83. The van der Waals surface area contributed by atoms with Gasteiger partial charge >= 0.3 is 12.4 Å². The number of anilines is 1. The third kappa shape index (κ3) is 8.07. The summed E-state index contributed by atoms with van der Waals surface area (Å²) < 4.78 is 56.4. The van der Waals surface area contributed by atoms with Gasteiger partial charge in [0.2, 0.25) is 5.91 Å². The molecular weight excluding hydrogens is 507 g/mol. The number of halogens is 3. The van der Waals surface area contributed by atoms with Gasteiger partial charge in [-0.15, -0.1) is 13.2 Å². The van der Waals surface area contributed by atoms with Gasteiger partial charge in [-0.3, -0.25) is 9.52 Å². The quantitative estimate of drug-likeness (QED) is 0.411. The van der Waals surface area contributed by atoms with E-state index in [1.807, 2.05) is 6.07 Å². The van der Waals surface area contributed by atoms with Gasteiger partial charge in [-0.1, -0.05) is 48.5 Å². The van der Waals surface area contributed by atoms with Crippen molar-refractivity contribution in [3.8, 4) is 5.75 Å². The fraction of sp³-hybridized carbons (Fsp3) is 0.231. The van der Waals surface area contributed by atoms with E-state index in [1.165, 1.54) is 17.0 Å². The van der Waals surface area contributed by atoms with Gasteiger partial charge in [-0.25, -0.2) is 9.00 Å². The molecule has 11 heteroatoms. The Labute approximate surface area is 215 Å². The van der Waals surface area contributed by atoms with Crippen molar-refractivity contribution in [1.82, 2.24) is 10.0 Å². The number of amides is 3. The molecule has 3 amide bonds. The lowest BCUT2D eigenvalue weighted by Gasteiger charge is -2.27. The lowest BCUT2D eigenvalue weighted by Crippen LogP contribution is -2.52. The van der Waals surface area contributed by atoms with Gasteiger partial charge in [0, 0.05) is 18.7 Å². The Morgan fingerprint density at radius 1 is 0.973 bits per heavy atom. The number of carbonyl (C=O) groups excluding carboxylic acids is 2. The Balaban J connectivity index is 1.80. The maximum absolute atomic E-state index is 13.5. The van der Waals surface area contributed by atoms with Crippen LogP contribution in [0.4, 0.5) is 23.7 Å². The smallest absolute Gasteiger partial charge is 0.406 e. The average Bonchev–Trinajstić information content (AvgIpc) is 2.85. The molecule has 2 atom stereocenters. The van der Waals surface area contributed by atoms with Crippen molar-refractivity contribution in [2.75, 3.05) is 11.4 Å². The lowest BCUT2D eigenvalue weighted by molar-refractivity contribution is -0.274. The van der Waals surface area contributed by atoms with E-state index in [-0.39, 0.29) is 13.0 Å². The van der Waals surface area contributed by atoms with Gasteiger partial charge in [0.25, 0.3) is 0 Å². The predicted molar refractivity (Wildman–Crippen MR) is 134 cm³/mol. The van der Waals surface area contributed by atoms with Crippen molar-refractivity contribution in [3.63, 3.8) is 0 Å². The van der Waals surface area contributed by atoms with Crippen LogP contribution in [0.1, 0.15) is 18.1 Å². The number of nitrogens with one attached hydrogen (secondary N) is 2. The number of aryl methyl sites for hydroxylation is 1. The molecule has 0 saturated carbocycles. The van der Waals surface area contributed by atoms with Crippen molar-refractivity contribution < 1.29 is 31.7 Å². The first-order chi connectivity index (χ1) is 17.6. The summed E-state index contributed by atoms with van der Waals surface area (Å²) in [7, 11) is -1.85. The average molecular weight is 534 g/mol. The van der Waals surface area contributed by atoms with Gasteiger partial charge in [-0.05, 0) is 55.3 Å². The van der Waals surface area contributed by atoms with Crippen molar-refractivity contribution >= 4 is 28.6 Å². The lowest BCUT2D eigenvalue weighted by atomic mass is 10.0. The van der Waals surface area contributed by atoms with Crippen LogP contribution in [0.25, 0.3) is 0 Å². The molecule has 0 aromatic heterocycles. The zero-order chi connectivity index (χ0) is 27.0. The minimum absolute atomic E-state index is 0.135. The highest BCUT2D eigenvalue weighted by Gasteiger charge is 2.31. The second-order valence-corrected chi connectivity index (χ2v) is 9.16. The van der Waals surface area contributed by atoms with Gasteiger partial charge in [-0.2, -0.15) is 0 Å². The number of ether oxygens (including phenoxy) is 1. The molecule has 3 aromatic carbocycles. The fourth-order valence-corrected chi connectivity index (χ4v) is 4.52. The SMILES string of the molecule is CCN(C(=O)C(Cc1ccccc1)NC(=O)NS(=O)c1ccccc1C)c1ccc(OC(F)(F)F)cc1. The largest absolute Gasteiger partial charge is 0.573 e. The van der Waals surface area contributed by atoms with Crippen LogP contribution in [0, 0.1) is 6.92 Å². The summed E-state index contributed by atoms with van der Waals surface area (Å²) in [6, 6.07) is 18.9.